The second kappa shape index (κ2) is 5.14. The van der Waals surface area contributed by atoms with Crippen molar-refractivity contribution in [3.05, 3.63) is 35.7 Å². The Balaban J connectivity index is 1.60. The molecule has 6 heteroatoms. The van der Waals surface area contributed by atoms with Crippen molar-refractivity contribution in [1.82, 2.24) is 4.98 Å². The molecule has 1 N–H and O–H groups in total. The fourth-order valence-electron chi connectivity index (χ4n) is 4.02. The Morgan fingerprint density at radius 2 is 1.92 bits per heavy atom. The van der Waals surface area contributed by atoms with E-state index in [4.69, 9.17) is 4.74 Å². The minimum absolute atomic E-state index is 0.275. The van der Waals surface area contributed by atoms with Crippen LogP contribution >= 0.6 is 11.3 Å². The zero-order valence-corrected chi connectivity index (χ0v) is 15.3. The summed E-state index contributed by atoms with van der Waals surface area (Å²) in [4.78, 5) is 29.8. The van der Waals surface area contributed by atoms with E-state index in [1.807, 2.05) is 56.5 Å². The van der Waals surface area contributed by atoms with Gasteiger partial charge in [-0.25, -0.2) is 4.98 Å². The number of esters is 1. The van der Waals surface area contributed by atoms with E-state index >= 15 is 0 Å². The molecule has 2 bridgehead atoms. The molecule has 1 aromatic heterocycles. The van der Waals surface area contributed by atoms with Crippen LogP contribution in [0.3, 0.4) is 0 Å². The van der Waals surface area contributed by atoms with Crippen LogP contribution in [0.25, 0.3) is 11.3 Å². The van der Waals surface area contributed by atoms with Gasteiger partial charge in [-0.1, -0.05) is 44.2 Å². The van der Waals surface area contributed by atoms with E-state index in [1.54, 1.807) is 0 Å². The van der Waals surface area contributed by atoms with Crippen molar-refractivity contribution in [2.45, 2.75) is 39.2 Å². The maximum absolute atomic E-state index is 13.0. The lowest BCUT2D eigenvalue weighted by molar-refractivity contribution is -0.165. The van der Waals surface area contributed by atoms with Gasteiger partial charge in [0.15, 0.2) is 10.7 Å². The molecule has 2 heterocycles. The zero-order valence-electron chi connectivity index (χ0n) is 14.5. The number of hydrogen-bond acceptors (Lipinski definition) is 5. The molecule has 0 radical (unpaired) electrons. The van der Waals surface area contributed by atoms with Crippen LogP contribution in [0.5, 0.6) is 0 Å². The zero-order chi connectivity index (χ0) is 17.9. The highest BCUT2D eigenvalue weighted by atomic mass is 32.1. The third-order valence-corrected chi connectivity index (χ3v) is 7.00. The van der Waals surface area contributed by atoms with Gasteiger partial charge in [-0.15, -0.1) is 11.3 Å². The summed E-state index contributed by atoms with van der Waals surface area (Å²) in [5.74, 6) is -0.552. The number of aromatic nitrogens is 1. The molecule has 130 valence electrons. The summed E-state index contributed by atoms with van der Waals surface area (Å²) < 4.78 is 5.62. The Hall–Kier alpha value is -2.21. The van der Waals surface area contributed by atoms with Gasteiger partial charge in [0.2, 0.25) is 0 Å². The lowest BCUT2D eigenvalue weighted by Crippen LogP contribution is -2.50. The summed E-state index contributed by atoms with van der Waals surface area (Å²) in [6, 6.07) is 9.80. The van der Waals surface area contributed by atoms with Gasteiger partial charge < -0.3 is 4.74 Å². The minimum Gasteiger partial charge on any atom is -0.448 e. The van der Waals surface area contributed by atoms with Crippen LogP contribution in [0.1, 0.15) is 33.6 Å². The smallest absolute Gasteiger partial charge is 0.313 e. The number of amides is 1. The van der Waals surface area contributed by atoms with Crippen LogP contribution in [-0.4, -0.2) is 22.5 Å². The van der Waals surface area contributed by atoms with Crippen molar-refractivity contribution < 1.29 is 14.3 Å². The van der Waals surface area contributed by atoms with E-state index in [9.17, 15) is 9.59 Å². The maximum atomic E-state index is 13.0. The first-order chi connectivity index (χ1) is 11.8. The summed E-state index contributed by atoms with van der Waals surface area (Å²) in [6.45, 7) is 5.79. The van der Waals surface area contributed by atoms with E-state index in [0.717, 1.165) is 11.3 Å². The van der Waals surface area contributed by atoms with Crippen LogP contribution in [-0.2, 0) is 14.3 Å². The predicted octanol–water partition coefficient (Wildman–Crippen LogP) is 3.87. The number of hydrogen-bond donors (Lipinski definition) is 1. The molecule has 0 unspecified atom stereocenters. The normalized spacial score (nSPS) is 29.5. The molecule has 2 fully saturated rings. The first kappa shape index (κ1) is 16.3. The lowest BCUT2D eigenvalue weighted by atomic mass is 9.66. The number of anilines is 1. The van der Waals surface area contributed by atoms with Crippen LogP contribution in [0.4, 0.5) is 5.13 Å². The van der Waals surface area contributed by atoms with Gasteiger partial charge in [-0.2, -0.15) is 0 Å². The molecule has 1 saturated heterocycles. The second-order valence-electron chi connectivity index (χ2n) is 7.53. The maximum Gasteiger partial charge on any atom is 0.313 e. The van der Waals surface area contributed by atoms with Gasteiger partial charge in [0.1, 0.15) is 0 Å². The van der Waals surface area contributed by atoms with Crippen LogP contribution < -0.4 is 5.32 Å². The van der Waals surface area contributed by atoms with Crippen molar-refractivity contribution in [3.63, 3.8) is 0 Å². The molecule has 0 spiro atoms. The van der Waals surface area contributed by atoms with Crippen molar-refractivity contribution in [3.8, 4) is 11.3 Å². The Labute approximate surface area is 150 Å². The van der Waals surface area contributed by atoms with Gasteiger partial charge in [-0.3, -0.25) is 14.9 Å². The molecule has 5 nitrogen and oxygen atoms in total. The van der Waals surface area contributed by atoms with Crippen LogP contribution in [0.2, 0.25) is 0 Å². The average Bonchev–Trinajstić information content (AvgIpc) is 3.17. The Bertz CT molecular complexity index is 861. The van der Waals surface area contributed by atoms with E-state index in [-0.39, 0.29) is 11.9 Å². The summed E-state index contributed by atoms with van der Waals surface area (Å²) in [5, 5.41) is 5.31. The molecule has 2 aliphatic rings. The standard InChI is InChI=1S/C19H20N2O3S/c1-17(2)18(3)9-10-19(17,24-15(18)23)14(22)21-16-20-13(11-25-16)12-7-5-4-6-8-12/h4-8,11H,9-10H2,1-3H3,(H,20,21,22)/t18-,19-/m1/s1. The number of nitrogens with zero attached hydrogens (tertiary/aromatic N) is 1. The van der Waals surface area contributed by atoms with Crippen molar-refractivity contribution in [2.24, 2.45) is 10.8 Å². The SMILES string of the molecule is CC1(C)[C@]2(C)CC[C@]1(C(=O)Nc1nc(-c3ccccc3)cs1)OC2=O. The number of fused-ring (bicyclic) bond motifs is 2. The molecule has 2 aromatic rings. The Kier molecular flexibility index (Phi) is 3.35. The van der Waals surface area contributed by atoms with Gasteiger partial charge >= 0.3 is 5.97 Å². The molecule has 1 aliphatic heterocycles. The highest BCUT2D eigenvalue weighted by Crippen LogP contribution is 2.65. The quantitative estimate of drug-likeness (QED) is 0.848. The number of ether oxygens (including phenoxy) is 1. The van der Waals surface area contributed by atoms with E-state index < -0.39 is 16.4 Å². The number of thiazole rings is 1. The summed E-state index contributed by atoms with van der Waals surface area (Å²) >= 11 is 1.37. The topological polar surface area (TPSA) is 68.3 Å². The third-order valence-electron chi connectivity index (χ3n) is 6.24. The van der Waals surface area contributed by atoms with E-state index in [0.29, 0.717) is 18.0 Å². The summed E-state index contributed by atoms with van der Waals surface area (Å²) in [6.07, 6.45) is 1.21. The number of benzene rings is 1. The monoisotopic (exact) mass is 356 g/mol. The second-order valence-corrected chi connectivity index (χ2v) is 8.39. The minimum atomic E-state index is -1.11. The highest BCUT2D eigenvalue weighted by Gasteiger charge is 2.75. The van der Waals surface area contributed by atoms with Crippen molar-refractivity contribution in [1.29, 1.82) is 0 Å². The Morgan fingerprint density at radius 3 is 2.52 bits per heavy atom. The van der Waals surface area contributed by atoms with Crippen LogP contribution in [0.15, 0.2) is 35.7 Å². The summed E-state index contributed by atoms with van der Waals surface area (Å²) in [7, 11) is 0. The van der Waals surface area contributed by atoms with Gasteiger partial charge in [0, 0.05) is 16.4 Å². The average molecular weight is 356 g/mol. The first-order valence-electron chi connectivity index (χ1n) is 8.36. The van der Waals surface area contributed by atoms with Crippen molar-refractivity contribution >= 4 is 28.3 Å². The van der Waals surface area contributed by atoms with Gasteiger partial charge in [0.25, 0.3) is 5.91 Å². The van der Waals surface area contributed by atoms with E-state index in [1.165, 1.54) is 11.3 Å². The van der Waals surface area contributed by atoms with Gasteiger partial charge in [0.05, 0.1) is 11.1 Å². The molecule has 1 amide bonds. The summed E-state index contributed by atoms with van der Waals surface area (Å²) in [5.41, 5.74) is -0.462. The highest BCUT2D eigenvalue weighted by molar-refractivity contribution is 7.14. The lowest BCUT2D eigenvalue weighted by Gasteiger charge is -2.35. The van der Waals surface area contributed by atoms with E-state index in [2.05, 4.69) is 10.3 Å². The fraction of sp³-hybridized carbons (Fsp3) is 0.421. The predicted molar refractivity (Wildman–Crippen MR) is 96.1 cm³/mol. The number of carbonyl (C=O) groups excluding carboxylic acids is 2. The van der Waals surface area contributed by atoms with Crippen LogP contribution in [0, 0.1) is 10.8 Å². The van der Waals surface area contributed by atoms with Gasteiger partial charge in [-0.05, 0) is 19.8 Å². The third kappa shape index (κ3) is 2.03. The molecular weight excluding hydrogens is 336 g/mol. The van der Waals surface area contributed by atoms with Crippen molar-refractivity contribution in [2.75, 3.05) is 5.32 Å². The first-order valence-corrected chi connectivity index (χ1v) is 9.24. The molecule has 1 aliphatic carbocycles. The number of nitrogens with one attached hydrogen (secondary N) is 1. The Morgan fingerprint density at radius 1 is 1.20 bits per heavy atom. The number of rotatable bonds is 3. The molecule has 2 atom stereocenters. The molecule has 1 aromatic carbocycles. The largest absolute Gasteiger partial charge is 0.448 e. The number of carbonyl (C=O) groups is 2. The molecule has 1 saturated carbocycles. The molecular formula is C19H20N2O3S. The fourth-order valence-corrected chi connectivity index (χ4v) is 4.73. The molecule has 4 rings (SSSR count). The molecule has 25 heavy (non-hydrogen) atoms.